The molecule has 0 spiro atoms. The van der Waals surface area contributed by atoms with Crippen molar-refractivity contribution in [1.29, 1.82) is 0 Å². The fraction of sp³-hybridized carbons (Fsp3) is 0.364. The Labute approximate surface area is 187 Å². The van der Waals surface area contributed by atoms with Gasteiger partial charge in [0, 0.05) is 43.8 Å². The number of piperidine rings is 1. The highest BCUT2D eigenvalue weighted by atomic mass is 35.5. The van der Waals surface area contributed by atoms with Crippen LogP contribution in [0.5, 0.6) is 0 Å². The zero-order valence-corrected chi connectivity index (χ0v) is 18.6. The molecule has 2 heterocycles. The second-order valence-corrected chi connectivity index (χ2v) is 10.2. The van der Waals surface area contributed by atoms with Gasteiger partial charge in [-0.25, -0.2) is 8.42 Å². The van der Waals surface area contributed by atoms with E-state index in [1.807, 2.05) is 30.3 Å². The van der Waals surface area contributed by atoms with Gasteiger partial charge < -0.3 is 9.80 Å². The molecule has 0 aliphatic carbocycles. The topological polar surface area (TPSA) is 78.0 Å². The van der Waals surface area contributed by atoms with E-state index in [4.69, 9.17) is 11.6 Å². The van der Waals surface area contributed by atoms with Gasteiger partial charge in [-0.15, -0.1) is 0 Å². The van der Waals surface area contributed by atoms with Crippen LogP contribution < -0.4 is 0 Å². The molecule has 31 heavy (non-hydrogen) atoms. The number of sulfonamides is 1. The van der Waals surface area contributed by atoms with E-state index in [9.17, 15) is 18.0 Å². The Balaban J connectivity index is 1.36. The average molecular weight is 462 g/mol. The van der Waals surface area contributed by atoms with Crippen molar-refractivity contribution in [2.24, 2.45) is 0 Å². The Morgan fingerprint density at radius 3 is 2.13 bits per heavy atom. The monoisotopic (exact) mass is 461 g/mol. The van der Waals surface area contributed by atoms with E-state index in [1.54, 1.807) is 21.9 Å². The second kappa shape index (κ2) is 8.98. The quantitative estimate of drug-likeness (QED) is 0.640. The predicted molar refractivity (Wildman–Crippen MR) is 117 cm³/mol. The van der Waals surface area contributed by atoms with Gasteiger partial charge in [0.25, 0.3) is 0 Å². The smallest absolute Gasteiger partial charge is 0.312 e. The highest BCUT2D eigenvalue weighted by Gasteiger charge is 2.39. The Morgan fingerprint density at radius 1 is 0.839 bits per heavy atom. The fourth-order valence-electron chi connectivity index (χ4n) is 4.14. The summed E-state index contributed by atoms with van der Waals surface area (Å²) in [6.45, 7) is 1.97. The molecule has 0 N–H and O–H groups in total. The summed E-state index contributed by atoms with van der Waals surface area (Å²) < 4.78 is 27.1. The maximum Gasteiger partial charge on any atom is 0.312 e. The second-order valence-electron chi connectivity index (χ2n) is 7.80. The zero-order valence-electron chi connectivity index (χ0n) is 17.0. The first-order chi connectivity index (χ1) is 14.9. The van der Waals surface area contributed by atoms with Crippen LogP contribution >= 0.6 is 11.6 Å². The van der Waals surface area contributed by atoms with Gasteiger partial charge in [0.2, 0.25) is 10.0 Å². The van der Waals surface area contributed by atoms with Crippen LogP contribution in [0, 0.1) is 0 Å². The molecule has 4 rings (SSSR count). The number of piperazine rings is 1. The molecule has 0 unspecified atom stereocenters. The Hall–Kier alpha value is -2.42. The molecule has 7 nitrogen and oxygen atoms in total. The molecule has 164 valence electrons. The molecule has 2 aromatic rings. The van der Waals surface area contributed by atoms with Crippen molar-refractivity contribution in [1.82, 2.24) is 14.1 Å². The Kier molecular flexibility index (Phi) is 6.31. The van der Waals surface area contributed by atoms with Crippen LogP contribution in [0.1, 0.15) is 18.4 Å². The van der Waals surface area contributed by atoms with Gasteiger partial charge in [0.05, 0.1) is 4.90 Å². The molecule has 0 aromatic heterocycles. The summed E-state index contributed by atoms with van der Waals surface area (Å²) in [4.78, 5) is 28.8. The minimum absolute atomic E-state index is 0.132. The Morgan fingerprint density at radius 2 is 1.48 bits per heavy atom. The van der Waals surface area contributed by atoms with E-state index in [-0.39, 0.29) is 10.9 Å². The molecule has 0 saturated carbocycles. The van der Waals surface area contributed by atoms with Crippen molar-refractivity contribution in [2.45, 2.75) is 30.3 Å². The lowest BCUT2D eigenvalue weighted by Gasteiger charge is -2.41. The van der Waals surface area contributed by atoms with Gasteiger partial charge >= 0.3 is 11.8 Å². The maximum atomic E-state index is 12.9. The van der Waals surface area contributed by atoms with Crippen LogP contribution in [0.2, 0.25) is 5.02 Å². The summed E-state index contributed by atoms with van der Waals surface area (Å²) >= 11 is 5.86. The molecule has 2 fully saturated rings. The van der Waals surface area contributed by atoms with Crippen molar-refractivity contribution in [3.05, 3.63) is 65.2 Å². The molecular weight excluding hydrogens is 438 g/mol. The molecule has 0 bridgehead atoms. The van der Waals surface area contributed by atoms with Crippen molar-refractivity contribution in [3.63, 3.8) is 0 Å². The lowest BCUT2D eigenvalue weighted by molar-refractivity contribution is -0.158. The first kappa shape index (κ1) is 21.8. The number of carbonyl (C=O) groups is 2. The SMILES string of the molecule is O=C1C(=O)N(C2CCN(S(=O)(=O)c3ccc(Cl)cc3)CC2)CCN1Cc1ccccc1. The van der Waals surface area contributed by atoms with Crippen molar-refractivity contribution in [3.8, 4) is 0 Å². The highest BCUT2D eigenvalue weighted by Crippen LogP contribution is 2.25. The Bertz CT molecular complexity index is 1050. The van der Waals surface area contributed by atoms with Crippen LogP contribution in [-0.2, 0) is 26.2 Å². The highest BCUT2D eigenvalue weighted by molar-refractivity contribution is 7.89. The molecular formula is C22H24ClN3O4S. The average Bonchev–Trinajstić information content (AvgIpc) is 2.78. The lowest BCUT2D eigenvalue weighted by atomic mass is 10.0. The molecule has 2 aliphatic rings. The molecule has 0 atom stereocenters. The van der Waals surface area contributed by atoms with E-state index in [0.717, 1.165) is 5.56 Å². The van der Waals surface area contributed by atoms with Crippen molar-refractivity contribution in [2.75, 3.05) is 26.2 Å². The van der Waals surface area contributed by atoms with Crippen LogP contribution in [0.4, 0.5) is 0 Å². The summed E-state index contributed by atoms with van der Waals surface area (Å²) in [7, 11) is -3.60. The van der Waals surface area contributed by atoms with Crippen LogP contribution in [0.15, 0.2) is 59.5 Å². The minimum Gasteiger partial charge on any atom is -0.330 e. The molecule has 2 amide bonds. The minimum atomic E-state index is -3.60. The standard InChI is InChI=1S/C22H24ClN3O4S/c23-18-6-8-20(9-7-18)31(29,30)25-12-10-19(11-13-25)26-15-14-24(21(27)22(26)28)16-17-4-2-1-3-5-17/h1-9,19H,10-16H2. The molecule has 9 heteroatoms. The van der Waals surface area contributed by atoms with E-state index < -0.39 is 21.8 Å². The van der Waals surface area contributed by atoms with Gasteiger partial charge in [-0.05, 0) is 42.7 Å². The van der Waals surface area contributed by atoms with Gasteiger partial charge in [-0.1, -0.05) is 41.9 Å². The third-order valence-corrected chi connectivity index (χ3v) is 8.04. The number of halogens is 1. The number of carbonyl (C=O) groups excluding carboxylic acids is 2. The first-order valence-corrected chi connectivity index (χ1v) is 12.1. The number of amides is 2. The summed E-state index contributed by atoms with van der Waals surface area (Å²) in [5, 5.41) is 0.479. The normalized spacial score (nSPS) is 19.1. The molecule has 2 saturated heterocycles. The van der Waals surface area contributed by atoms with Crippen molar-refractivity contribution >= 4 is 33.4 Å². The van der Waals surface area contributed by atoms with Gasteiger partial charge in [-0.2, -0.15) is 4.31 Å². The number of hydrogen-bond acceptors (Lipinski definition) is 4. The van der Waals surface area contributed by atoms with E-state index in [2.05, 4.69) is 0 Å². The van der Waals surface area contributed by atoms with Crippen molar-refractivity contribution < 1.29 is 18.0 Å². The molecule has 2 aliphatic heterocycles. The number of rotatable bonds is 5. The fourth-order valence-corrected chi connectivity index (χ4v) is 5.74. The van der Waals surface area contributed by atoms with E-state index in [1.165, 1.54) is 16.4 Å². The summed E-state index contributed by atoms with van der Waals surface area (Å²) in [5.41, 5.74) is 0.984. The van der Waals surface area contributed by atoms with Crippen LogP contribution in [0.3, 0.4) is 0 Å². The maximum absolute atomic E-state index is 12.9. The largest absolute Gasteiger partial charge is 0.330 e. The first-order valence-electron chi connectivity index (χ1n) is 10.3. The molecule has 0 radical (unpaired) electrons. The van der Waals surface area contributed by atoms with Gasteiger partial charge in [0.15, 0.2) is 0 Å². The van der Waals surface area contributed by atoms with E-state index in [0.29, 0.717) is 50.6 Å². The summed E-state index contributed by atoms with van der Waals surface area (Å²) in [6.07, 6.45) is 1.01. The zero-order chi connectivity index (χ0) is 22.0. The van der Waals surface area contributed by atoms with Gasteiger partial charge in [-0.3, -0.25) is 9.59 Å². The number of benzene rings is 2. The molecule has 2 aromatic carbocycles. The third kappa shape index (κ3) is 4.61. The lowest BCUT2D eigenvalue weighted by Crippen LogP contribution is -2.58. The number of nitrogens with zero attached hydrogens (tertiary/aromatic N) is 3. The summed E-state index contributed by atoms with van der Waals surface area (Å²) in [5.74, 6) is -0.993. The van der Waals surface area contributed by atoms with Crippen LogP contribution in [0.25, 0.3) is 0 Å². The van der Waals surface area contributed by atoms with Crippen LogP contribution in [-0.4, -0.2) is 66.6 Å². The van der Waals surface area contributed by atoms with Gasteiger partial charge in [0.1, 0.15) is 0 Å². The summed E-state index contributed by atoms with van der Waals surface area (Å²) in [6, 6.07) is 15.6. The van der Waals surface area contributed by atoms with E-state index >= 15 is 0 Å². The third-order valence-electron chi connectivity index (χ3n) is 5.87. The number of hydrogen-bond donors (Lipinski definition) is 0. The predicted octanol–water partition coefficient (Wildman–Crippen LogP) is 2.36.